The highest BCUT2D eigenvalue weighted by Gasteiger charge is 2.25. The molecule has 0 saturated carbocycles. The number of aromatic nitrogens is 2. The Labute approximate surface area is 121 Å². The predicted octanol–water partition coefficient (Wildman–Crippen LogP) is 1.54. The smallest absolute Gasteiger partial charge is 0.258 e. The van der Waals surface area contributed by atoms with E-state index in [-0.39, 0.29) is 23.5 Å². The highest BCUT2D eigenvalue weighted by atomic mass is 16.5. The number of nitrogens with zero attached hydrogens (tertiary/aromatic N) is 3. The Hall–Kier alpha value is -2.12. The number of hydrogen-bond donors (Lipinski definition) is 2. The zero-order valence-corrected chi connectivity index (χ0v) is 11.7. The zero-order chi connectivity index (χ0) is 14.8. The average molecular weight is 291 g/mol. The summed E-state index contributed by atoms with van der Waals surface area (Å²) in [6, 6.07) is 4.36. The molecule has 112 valence electrons. The van der Waals surface area contributed by atoms with Gasteiger partial charge in [0.05, 0.1) is 6.61 Å². The summed E-state index contributed by atoms with van der Waals surface area (Å²) in [7, 11) is 0. The van der Waals surface area contributed by atoms with Crippen LogP contribution < -0.4 is 0 Å². The van der Waals surface area contributed by atoms with Crippen molar-refractivity contribution in [2.75, 3.05) is 26.2 Å². The van der Waals surface area contributed by atoms with E-state index < -0.39 is 0 Å². The normalized spacial score (nSPS) is 19.8. The molecule has 1 atom stereocenters. The van der Waals surface area contributed by atoms with Crippen LogP contribution in [0.3, 0.4) is 0 Å². The van der Waals surface area contributed by atoms with Crippen molar-refractivity contribution in [2.24, 2.45) is 0 Å². The van der Waals surface area contributed by atoms with E-state index >= 15 is 0 Å². The molecule has 0 bridgehead atoms. The molecule has 1 fully saturated rings. The summed E-state index contributed by atoms with van der Waals surface area (Å²) < 4.78 is 10.9. The number of ether oxygens (including phenoxy) is 1. The summed E-state index contributed by atoms with van der Waals surface area (Å²) >= 11 is 0. The molecular formula is C14H17N3O4. The molecule has 7 heteroatoms. The molecule has 0 spiro atoms. The van der Waals surface area contributed by atoms with Crippen LogP contribution in [0.4, 0.5) is 0 Å². The lowest BCUT2D eigenvalue weighted by Crippen LogP contribution is -2.38. The van der Waals surface area contributed by atoms with Crippen molar-refractivity contribution in [2.45, 2.75) is 13.0 Å². The van der Waals surface area contributed by atoms with Gasteiger partial charge in [-0.25, -0.2) is 0 Å². The van der Waals surface area contributed by atoms with Crippen molar-refractivity contribution in [1.82, 2.24) is 15.0 Å². The van der Waals surface area contributed by atoms with Crippen molar-refractivity contribution in [3.05, 3.63) is 24.0 Å². The second-order valence-corrected chi connectivity index (χ2v) is 4.91. The zero-order valence-electron chi connectivity index (χ0n) is 11.7. The maximum atomic E-state index is 9.51. The molecule has 1 aliphatic rings. The highest BCUT2D eigenvalue weighted by Crippen LogP contribution is 2.30. The molecule has 1 aromatic carbocycles. The highest BCUT2D eigenvalue weighted by molar-refractivity contribution is 5.58. The molecule has 0 radical (unpaired) electrons. The van der Waals surface area contributed by atoms with Crippen molar-refractivity contribution in [3.63, 3.8) is 0 Å². The van der Waals surface area contributed by atoms with Crippen molar-refractivity contribution in [3.8, 4) is 23.0 Å². The standard InChI is InChI=1S/C14H17N3O4/c1-2-17-5-6-20-12(8-17)13-15-14(21-16-13)9-3-4-10(18)11(19)7-9/h3-4,7,12,18-19H,2,5-6,8H2,1H3. The lowest BCUT2D eigenvalue weighted by atomic mass is 10.2. The number of likely N-dealkylation sites (N-methyl/N-ethyl adjacent to an activating group) is 1. The first-order chi connectivity index (χ1) is 10.2. The summed E-state index contributed by atoms with van der Waals surface area (Å²) in [4.78, 5) is 6.58. The molecule has 7 nitrogen and oxygen atoms in total. The van der Waals surface area contributed by atoms with Gasteiger partial charge >= 0.3 is 0 Å². The van der Waals surface area contributed by atoms with E-state index in [2.05, 4.69) is 22.0 Å². The van der Waals surface area contributed by atoms with E-state index in [0.29, 0.717) is 18.0 Å². The number of aromatic hydroxyl groups is 2. The third kappa shape index (κ3) is 2.84. The van der Waals surface area contributed by atoms with Gasteiger partial charge in [0.25, 0.3) is 5.89 Å². The third-order valence-corrected chi connectivity index (χ3v) is 3.55. The fourth-order valence-electron chi connectivity index (χ4n) is 2.29. The lowest BCUT2D eigenvalue weighted by molar-refractivity contribution is -0.0334. The lowest BCUT2D eigenvalue weighted by Gasteiger charge is -2.30. The maximum Gasteiger partial charge on any atom is 0.258 e. The van der Waals surface area contributed by atoms with Crippen LogP contribution >= 0.6 is 0 Å². The van der Waals surface area contributed by atoms with Crippen LogP contribution in [0, 0.1) is 0 Å². The molecule has 21 heavy (non-hydrogen) atoms. The van der Waals surface area contributed by atoms with Crippen LogP contribution in [0.2, 0.25) is 0 Å². The second-order valence-electron chi connectivity index (χ2n) is 4.91. The van der Waals surface area contributed by atoms with Crippen LogP contribution in [0.1, 0.15) is 18.9 Å². The monoisotopic (exact) mass is 291 g/mol. The summed E-state index contributed by atoms with van der Waals surface area (Å²) in [6.45, 7) is 5.34. The van der Waals surface area contributed by atoms with Crippen LogP contribution in [0.5, 0.6) is 11.5 Å². The minimum Gasteiger partial charge on any atom is -0.504 e. The van der Waals surface area contributed by atoms with Gasteiger partial charge in [-0.3, -0.25) is 4.90 Å². The minimum atomic E-state index is -0.224. The van der Waals surface area contributed by atoms with E-state index in [1.165, 1.54) is 12.1 Å². The molecule has 1 saturated heterocycles. The minimum absolute atomic E-state index is 0.187. The van der Waals surface area contributed by atoms with Gasteiger partial charge in [-0.15, -0.1) is 0 Å². The van der Waals surface area contributed by atoms with E-state index in [4.69, 9.17) is 9.26 Å². The largest absolute Gasteiger partial charge is 0.504 e. The first-order valence-electron chi connectivity index (χ1n) is 6.87. The van der Waals surface area contributed by atoms with Gasteiger partial charge < -0.3 is 19.5 Å². The van der Waals surface area contributed by atoms with Crippen LogP contribution in [0.15, 0.2) is 22.7 Å². The van der Waals surface area contributed by atoms with E-state index in [1.54, 1.807) is 6.07 Å². The fourth-order valence-corrected chi connectivity index (χ4v) is 2.29. The molecule has 1 unspecified atom stereocenters. The average Bonchev–Trinajstić information content (AvgIpc) is 3.00. The van der Waals surface area contributed by atoms with Crippen molar-refractivity contribution in [1.29, 1.82) is 0 Å². The summed E-state index contributed by atoms with van der Waals surface area (Å²) in [5.41, 5.74) is 0.548. The molecule has 3 rings (SSSR count). The summed E-state index contributed by atoms with van der Waals surface area (Å²) in [5, 5.41) is 22.8. The fraction of sp³-hybridized carbons (Fsp3) is 0.429. The second kappa shape index (κ2) is 5.71. The van der Waals surface area contributed by atoms with Crippen LogP contribution in [-0.2, 0) is 4.74 Å². The Morgan fingerprint density at radius 3 is 2.95 bits per heavy atom. The molecule has 0 aliphatic carbocycles. The summed E-state index contributed by atoms with van der Waals surface area (Å²) in [6.07, 6.45) is -0.207. The summed E-state index contributed by atoms with van der Waals surface area (Å²) in [5.74, 6) is 0.374. The first kappa shape index (κ1) is 13.8. The Morgan fingerprint density at radius 2 is 2.19 bits per heavy atom. The van der Waals surface area contributed by atoms with Crippen LogP contribution in [-0.4, -0.2) is 51.5 Å². The molecule has 2 aromatic rings. The Morgan fingerprint density at radius 1 is 1.33 bits per heavy atom. The van der Waals surface area contributed by atoms with Gasteiger partial charge in [-0.1, -0.05) is 12.1 Å². The first-order valence-corrected chi connectivity index (χ1v) is 6.87. The molecule has 2 N–H and O–H groups in total. The molecule has 1 aromatic heterocycles. The number of phenols is 2. The van der Waals surface area contributed by atoms with E-state index in [9.17, 15) is 10.2 Å². The number of morpholine rings is 1. The molecular weight excluding hydrogens is 274 g/mol. The SMILES string of the molecule is CCN1CCOC(c2noc(-c3ccc(O)c(O)c3)n2)C1. The number of rotatable bonds is 3. The number of phenolic OH excluding ortho intramolecular Hbond substituents is 2. The molecule has 0 amide bonds. The quantitative estimate of drug-likeness (QED) is 0.829. The third-order valence-electron chi connectivity index (χ3n) is 3.55. The Kier molecular flexibility index (Phi) is 3.76. The van der Waals surface area contributed by atoms with E-state index in [1.807, 2.05) is 0 Å². The van der Waals surface area contributed by atoms with Gasteiger partial charge in [0.15, 0.2) is 11.5 Å². The van der Waals surface area contributed by atoms with Crippen molar-refractivity contribution < 1.29 is 19.5 Å². The Balaban J connectivity index is 1.81. The van der Waals surface area contributed by atoms with Gasteiger partial charge in [0.2, 0.25) is 5.82 Å². The van der Waals surface area contributed by atoms with Crippen LogP contribution in [0.25, 0.3) is 11.5 Å². The number of hydrogen-bond acceptors (Lipinski definition) is 7. The van der Waals surface area contributed by atoms with Gasteiger partial charge in [0.1, 0.15) is 6.10 Å². The van der Waals surface area contributed by atoms with E-state index in [0.717, 1.165) is 19.6 Å². The topological polar surface area (TPSA) is 91.9 Å². The Bertz CT molecular complexity index is 628. The maximum absolute atomic E-state index is 9.51. The van der Waals surface area contributed by atoms with Crippen molar-refractivity contribution >= 4 is 0 Å². The van der Waals surface area contributed by atoms with Gasteiger partial charge in [0, 0.05) is 18.7 Å². The number of benzene rings is 1. The predicted molar refractivity (Wildman–Crippen MR) is 73.9 cm³/mol. The van der Waals surface area contributed by atoms with Gasteiger partial charge in [-0.2, -0.15) is 4.98 Å². The van der Waals surface area contributed by atoms with Gasteiger partial charge in [-0.05, 0) is 24.7 Å². The molecule has 2 heterocycles. The molecule has 1 aliphatic heterocycles.